The number of amides is 1. The second-order valence-corrected chi connectivity index (χ2v) is 9.50. The number of carbonyl (C=O) groups is 2. The Balaban J connectivity index is 1.70. The lowest BCUT2D eigenvalue weighted by Gasteiger charge is -2.26. The number of hydrogen-bond donors (Lipinski definition) is 2. The Morgan fingerprint density at radius 2 is 1.91 bits per heavy atom. The molecule has 1 aliphatic heterocycles. The topological polar surface area (TPSA) is 137 Å². The summed E-state index contributed by atoms with van der Waals surface area (Å²) in [6, 6.07) is 8.52. The fraction of sp³-hybridized carbons (Fsp3) is 0.333. The fourth-order valence-corrected chi connectivity index (χ4v) is 4.71. The minimum Gasteiger partial charge on any atom is -0.496 e. The van der Waals surface area contributed by atoms with Crippen LogP contribution in [-0.2, 0) is 24.3 Å². The smallest absolute Gasteiger partial charge is 0.342 e. The number of nitrogens with one attached hydrogen (secondary N) is 1. The Morgan fingerprint density at radius 1 is 1.21 bits per heavy atom. The van der Waals surface area contributed by atoms with Gasteiger partial charge in [0.25, 0.3) is 5.91 Å². The molecule has 3 rings (SSSR count). The summed E-state index contributed by atoms with van der Waals surface area (Å²) < 4.78 is 42.5. The zero-order valence-corrected chi connectivity index (χ0v) is 19.6. The van der Waals surface area contributed by atoms with E-state index in [0.29, 0.717) is 13.2 Å². The molecule has 0 bridgehead atoms. The van der Waals surface area contributed by atoms with E-state index >= 15 is 0 Å². The molecule has 10 nitrogen and oxygen atoms in total. The molecule has 33 heavy (non-hydrogen) atoms. The minimum atomic E-state index is -3.73. The molecule has 1 aliphatic rings. The minimum absolute atomic E-state index is 0.00921. The van der Waals surface area contributed by atoms with Crippen molar-refractivity contribution in [2.75, 3.05) is 44.5 Å². The summed E-state index contributed by atoms with van der Waals surface area (Å²) in [7, 11) is -2.38. The first-order chi connectivity index (χ1) is 15.6. The number of benzene rings is 2. The van der Waals surface area contributed by atoms with Gasteiger partial charge in [-0.2, -0.15) is 4.31 Å². The van der Waals surface area contributed by atoms with Crippen LogP contribution in [0.4, 0.5) is 11.4 Å². The van der Waals surface area contributed by atoms with Gasteiger partial charge in [-0.3, -0.25) is 4.79 Å². The van der Waals surface area contributed by atoms with E-state index in [9.17, 15) is 18.0 Å². The fourth-order valence-electron chi connectivity index (χ4n) is 3.09. The molecule has 0 aliphatic carbocycles. The van der Waals surface area contributed by atoms with Gasteiger partial charge in [-0.1, -0.05) is 17.7 Å². The van der Waals surface area contributed by atoms with Gasteiger partial charge in [0.05, 0.1) is 35.9 Å². The molecule has 1 saturated heterocycles. The first-order valence-electron chi connectivity index (χ1n) is 9.96. The summed E-state index contributed by atoms with van der Waals surface area (Å²) in [5.74, 6) is -1.33. The van der Waals surface area contributed by atoms with Crippen LogP contribution in [0.2, 0.25) is 5.02 Å². The van der Waals surface area contributed by atoms with Gasteiger partial charge in [-0.25, -0.2) is 13.2 Å². The highest BCUT2D eigenvalue weighted by atomic mass is 35.5. The third-order valence-electron chi connectivity index (χ3n) is 4.90. The molecule has 1 fully saturated rings. The predicted octanol–water partition coefficient (Wildman–Crippen LogP) is 2.14. The molecule has 1 amide bonds. The monoisotopic (exact) mass is 497 g/mol. The van der Waals surface area contributed by atoms with Crippen molar-refractivity contribution in [3.05, 3.63) is 47.0 Å². The third-order valence-corrected chi connectivity index (χ3v) is 7.12. The van der Waals surface area contributed by atoms with Crippen LogP contribution in [0.15, 0.2) is 41.3 Å². The van der Waals surface area contributed by atoms with Crippen LogP contribution in [0.1, 0.15) is 17.3 Å². The van der Waals surface area contributed by atoms with Crippen LogP contribution in [0.5, 0.6) is 5.75 Å². The largest absolute Gasteiger partial charge is 0.496 e. The first-order valence-corrected chi connectivity index (χ1v) is 11.8. The number of esters is 1. The van der Waals surface area contributed by atoms with Crippen LogP contribution < -0.4 is 15.8 Å². The van der Waals surface area contributed by atoms with E-state index in [4.69, 9.17) is 31.5 Å². The summed E-state index contributed by atoms with van der Waals surface area (Å²) in [6.07, 6.45) is -1.20. The van der Waals surface area contributed by atoms with Crippen molar-refractivity contribution >= 4 is 44.9 Å². The SMILES string of the molecule is COc1cc(N)c(Cl)cc1C(=O)O[C@@H](C)C(=O)Nc1cccc(S(=O)(=O)N2CCOCC2)c1. The molecule has 12 heteroatoms. The van der Waals surface area contributed by atoms with Crippen LogP contribution in [-0.4, -0.2) is 64.1 Å². The quantitative estimate of drug-likeness (QED) is 0.438. The molecule has 0 spiro atoms. The highest BCUT2D eigenvalue weighted by Crippen LogP contribution is 2.29. The van der Waals surface area contributed by atoms with E-state index in [-0.39, 0.29) is 45.7 Å². The number of sulfonamides is 1. The summed E-state index contributed by atoms with van der Waals surface area (Å²) in [4.78, 5) is 25.1. The van der Waals surface area contributed by atoms with Crippen molar-refractivity contribution in [3.63, 3.8) is 0 Å². The molecule has 0 saturated carbocycles. The number of ether oxygens (including phenoxy) is 3. The van der Waals surface area contributed by atoms with Crippen molar-refractivity contribution in [2.24, 2.45) is 0 Å². The molecule has 1 heterocycles. The molecule has 3 N–H and O–H groups in total. The zero-order chi connectivity index (χ0) is 24.2. The van der Waals surface area contributed by atoms with E-state index in [1.54, 1.807) is 0 Å². The number of carbonyl (C=O) groups excluding carboxylic acids is 2. The van der Waals surface area contributed by atoms with Crippen molar-refractivity contribution < 1.29 is 32.2 Å². The molecule has 178 valence electrons. The second kappa shape index (κ2) is 10.4. The maximum Gasteiger partial charge on any atom is 0.342 e. The average molecular weight is 498 g/mol. The number of methoxy groups -OCH3 is 1. The number of nitrogens with zero attached hydrogens (tertiary/aromatic N) is 1. The number of halogens is 1. The van der Waals surface area contributed by atoms with Gasteiger partial charge < -0.3 is 25.3 Å². The van der Waals surface area contributed by atoms with E-state index < -0.39 is 28.0 Å². The van der Waals surface area contributed by atoms with E-state index in [1.807, 2.05) is 0 Å². The van der Waals surface area contributed by atoms with Crippen molar-refractivity contribution in [1.82, 2.24) is 4.31 Å². The van der Waals surface area contributed by atoms with Crippen molar-refractivity contribution in [1.29, 1.82) is 0 Å². The Morgan fingerprint density at radius 3 is 2.58 bits per heavy atom. The van der Waals surface area contributed by atoms with Gasteiger partial charge >= 0.3 is 5.97 Å². The number of morpholine rings is 1. The summed E-state index contributed by atoms with van der Waals surface area (Å²) in [5.41, 5.74) is 6.19. The molecular formula is C21H24ClN3O7S. The summed E-state index contributed by atoms with van der Waals surface area (Å²) in [5, 5.41) is 2.70. The van der Waals surface area contributed by atoms with Gasteiger partial charge in [0.1, 0.15) is 11.3 Å². The van der Waals surface area contributed by atoms with Crippen LogP contribution in [0, 0.1) is 0 Å². The molecule has 0 unspecified atom stereocenters. The number of hydrogen-bond acceptors (Lipinski definition) is 8. The van der Waals surface area contributed by atoms with Gasteiger partial charge in [0.15, 0.2) is 6.10 Å². The summed E-state index contributed by atoms with van der Waals surface area (Å²) in [6.45, 7) is 2.53. The molecule has 2 aromatic carbocycles. The van der Waals surface area contributed by atoms with Gasteiger partial charge in [-0.05, 0) is 31.2 Å². The average Bonchev–Trinajstić information content (AvgIpc) is 2.81. The van der Waals surface area contributed by atoms with Gasteiger partial charge in [-0.15, -0.1) is 0 Å². The first kappa shape index (κ1) is 24.8. The van der Waals surface area contributed by atoms with Crippen molar-refractivity contribution in [3.8, 4) is 5.75 Å². The number of nitrogen functional groups attached to an aromatic ring is 1. The van der Waals surface area contributed by atoms with Crippen molar-refractivity contribution in [2.45, 2.75) is 17.9 Å². The van der Waals surface area contributed by atoms with Gasteiger partial charge in [0.2, 0.25) is 10.0 Å². The summed E-state index contributed by atoms with van der Waals surface area (Å²) >= 11 is 5.97. The lowest BCUT2D eigenvalue weighted by molar-refractivity contribution is -0.123. The number of anilines is 2. The number of rotatable bonds is 7. The molecule has 0 radical (unpaired) electrons. The zero-order valence-electron chi connectivity index (χ0n) is 18.0. The molecule has 2 aromatic rings. The standard InChI is InChI=1S/C21H24ClN3O7S/c1-13(32-21(27)16-11-17(22)18(23)12-19(16)30-2)20(26)24-14-4-3-5-15(10-14)33(28,29)25-6-8-31-9-7-25/h3-5,10-13H,6-9,23H2,1-2H3,(H,24,26)/t13-/m0/s1. The third kappa shape index (κ3) is 5.74. The van der Waals surface area contributed by atoms with E-state index in [0.717, 1.165) is 0 Å². The van der Waals surface area contributed by atoms with E-state index in [2.05, 4.69) is 5.32 Å². The Labute approximate surface area is 196 Å². The Bertz CT molecular complexity index is 1150. The Kier molecular flexibility index (Phi) is 7.80. The molecule has 0 aromatic heterocycles. The molecule has 1 atom stereocenters. The second-order valence-electron chi connectivity index (χ2n) is 7.16. The predicted molar refractivity (Wildman–Crippen MR) is 122 cm³/mol. The van der Waals surface area contributed by atoms with E-state index in [1.165, 1.54) is 54.7 Å². The Hall–Kier alpha value is -2.86. The number of nitrogens with two attached hydrogens (primary N) is 1. The highest BCUT2D eigenvalue weighted by molar-refractivity contribution is 7.89. The van der Waals surface area contributed by atoms with Gasteiger partial charge in [0, 0.05) is 24.8 Å². The maximum atomic E-state index is 12.8. The lowest BCUT2D eigenvalue weighted by Crippen LogP contribution is -2.40. The van der Waals surface area contributed by atoms with Crippen LogP contribution in [0.25, 0.3) is 0 Å². The molecular weight excluding hydrogens is 474 g/mol. The maximum absolute atomic E-state index is 12.8. The van der Waals surface area contributed by atoms with Crippen LogP contribution in [0.3, 0.4) is 0 Å². The lowest BCUT2D eigenvalue weighted by atomic mass is 10.2. The van der Waals surface area contributed by atoms with Crippen LogP contribution >= 0.6 is 11.6 Å². The highest BCUT2D eigenvalue weighted by Gasteiger charge is 2.27. The normalized spacial score (nSPS) is 15.5.